The Morgan fingerprint density at radius 3 is 2.59 bits per heavy atom. The van der Waals surface area contributed by atoms with Crippen LogP contribution >= 0.6 is 0 Å². The van der Waals surface area contributed by atoms with Crippen molar-refractivity contribution in [2.24, 2.45) is 0 Å². The molecule has 1 saturated heterocycles. The van der Waals surface area contributed by atoms with E-state index in [1.165, 1.54) is 31.2 Å². The molecule has 1 unspecified atom stereocenters. The van der Waals surface area contributed by atoms with Gasteiger partial charge in [-0.3, -0.25) is 0 Å². The molecule has 1 aliphatic heterocycles. The number of ether oxygens (including phenoxy) is 1. The molecule has 3 nitrogen and oxygen atoms in total. The minimum atomic E-state index is 0.162. The quantitative estimate of drug-likeness (QED) is 0.866. The van der Waals surface area contributed by atoms with Crippen molar-refractivity contribution in [2.45, 2.75) is 38.1 Å². The van der Waals surface area contributed by atoms with Gasteiger partial charge in [-0.1, -0.05) is 30.7 Å². The second-order valence-corrected chi connectivity index (χ2v) is 5.90. The average Bonchev–Trinajstić information content (AvgIpc) is 2.57. The third kappa shape index (κ3) is 4.01. The van der Waals surface area contributed by atoms with E-state index in [4.69, 9.17) is 4.74 Å². The molecular formula is C19H23NO2. The van der Waals surface area contributed by atoms with Crippen LogP contribution in [-0.4, -0.2) is 17.7 Å². The van der Waals surface area contributed by atoms with E-state index in [0.717, 1.165) is 18.7 Å². The van der Waals surface area contributed by atoms with Gasteiger partial charge in [0.15, 0.2) is 11.5 Å². The van der Waals surface area contributed by atoms with Crippen molar-refractivity contribution in [1.82, 2.24) is 5.32 Å². The zero-order valence-corrected chi connectivity index (χ0v) is 12.8. The molecule has 0 bridgehead atoms. The van der Waals surface area contributed by atoms with Crippen molar-refractivity contribution in [1.29, 1.82) is 0 Å². The van der Waals surface area contributed by atoms with Crippen molar-refractivity contribution >= 4 is 0 Å². The van der Waals surface area contributed by atoms with Crippen LogP contribution in [0.25, 0.3) is 0 Å². The predicted octanol–water partition coefficient (Wildman–Crippen LogP) is 4.26. The third-order valence-electron chi connectivity index (χ3n) is 4.21. The molecule has 0 amide bonds. The minimum absolute atomic E-state index is 0.162. The number of rotatable bonds is 5. The lowest BCUT2D eigenvalue weighted by atomic mass is 9.98. The summed E-state index contributed by atoms with van der Waals surface area (Å²) in [4.78, 5) is 0. The molecule has 3 rings (SSSR count). The number of piperidine rings is 1. The highest BCUT2D eigenvalue weighted by molar-refractivity contribution is 5.41. The lowest BCUT2D eigenvalue weighted by Gasteiger charge is -2.23. The standard InChI is InChI=1S/C19H23NO2/c21-18-6-1-2-7-19(18)22-17-12-9-15(10-13-17)8-11-16-5-3-4-14-20-16/h1-2,6-7,9-10,12-13,16,20-21H,3-5,8,11,14H2. The number of hydrogen-bond donors (Lipinski definition) is 2. The topological polar surface area (TPSA) is 41.5 Å². The Kier molecular flexibility index (Phi) is 4.96. The largest absolute Gasteiger partial charge is 0.504 e. The number of nitrogens with one attached hydrogen (secondary N) is 1. The number of para-hydroxylation sites is 2. The van der Waals surface area contributed by atoms with Crippen LogP contribution in [0.3, 0.4) is 0 Å². The molecule has 2 aromatic rings. The van der Waals surface area contributed by atoms with Crippen molar-refractivity contribution in [3.05, 3.63) is 54.1 Å². The zero-order chi connectivity index (χ0) is 15.2. The summed E-state index contributed by atoms with van der Waals surface area (Å²) in [6, 6.07) is 15.8. The summed E-state index contributed by atoms with van der Waals surface area (Å²) in [5, 5.41) is 13.3. The predicted molar refractivity (Wildman–Crippen MR) is 88.6 cm³/mol. The van der Waals surface area contributed by atoms with Crippen LogP contribution in [0.15, 0.2) is 48.5 Å². The minimum Gasteiger partial charge on any atom is -0.504 e. The van der Waals surface area contributed by atoms with Gasteiger partial charge in [0.2, 0.25) is 0 Å². The second kappa shape index (κ2) is 7.32. The molecule has 1 heterocycles. The molecular weight excluding hydrogens is 274 g/mol. The summed E-state index contributed by atoms with van der Waals surface area (Å²) in [6.07, 6.45) is 6.25. The van der Waals surface area contributed by atoms with Gasteiger partial charge in [-0.2, -0.15) is 0 Å². The van der Waals surface area contributed by atoms with Crippen LogP contribution < -0.4 is 10.1 Å². The van der Waals surface area contributed by atoms with Crippen molar-refractivity contribution < 1.29 is 9.84 Å². The molecule has 2 N–H and O–H groups in total. The van der Waals surface area contributed by atoms with E-state index < -0.39 is 0 Å². The maximum atomic E-state index is 9.72. The van der Waals surface area contributed by atoms with Crippen LogP contribution in [0, 0.1) is 0 Å². The van der Waals surface area contributed by atoms with Gasteiger partial charge in [-0.15, -0.1) is 0 Å². The molecule has 0 saturated carbocycles. The first-order valence-electron chi connectivity index (χ1n) is 8.09. The summed E-state index contributed by atoms with van der Waals surface area (Å²) in [7, 11) is 0. The smallest absolute Gasteiger partial charge is 0.169 e. The summed E-state index contributed by atoms with van der Waals surface area (Å²) in [5.74, 6) is 1.40. The van der Waals surface area contributed by atoms with Crippen LogP contribution in [0.1, 0.15) is 31.2 Å². The van der Waals surface area contributed by atoms with Gasteiger partial charge in [0.25, 0.3) is 0 Å². The fraction of sp³-hybridized carbons (Fsp3) is 0.368. The SMILES string of the molecule is Oc1ccccc1Oc1ccc(CCC2CCCCN2)cc1. The van der Waals surface area contributed by atoms with Gasteiger partial charge in [0, 0.05) is 6.04 Å². The number of hydrogen-bond acceptors (Lipinski definition) is 3. The number of aromatic hydroxyl groups is 1. The number of aryl methyl sites for hydroxylation is 1. The highest BCUT2D eigenvalue weighted by atomic mass is 16.5. The van der Waals surface area contributed by atoms with Gasteiger partial charge in [0.05, 0.1) is 0 Å². The highest BCUT2D eigenvalue weighted by Crippen LogP contribution is 2.30. The lowest BCUT2D eigenvalue weighted by molar-refractivity contribution is 0.382. The van der Waals surface area contributed by atoms with Crippen molar-refractivity contribution in [2.75, 3.05) is 6.54 Å². The van der Waals surface area contributed by atoms with E-state index in [0.29, 0.717) is 11.8 Å². The van der Waals surface area contributed by atoms with Gasteiger partial charge < -0.3 is 15.2 Å². The lowest BCUT2D eigenvalue weighted by Crippen LogP contribution is -2.34. The summed E-state index contributed by atoms with van der Waals surface area (Å²) in [6.45, 7) is 1.16. The van der Waals surface area contributed by atoms with Crippen molar-refractivity contribution in [3.63, 3.8) is 0 Å². The van der Waals surface area contributed by atoms with Crippen LogP contribution in [0.5, 0.6) is 17.2 Å². The molecule has 0 radical (unpaired) electrons. The Morgan fingerprint density at radius 1 is 1.05 bits per heavy atom. The first kappa shape index (κ1) is 14.9. The Bertz CT molecular complexity index is 589. The summed E-state index contributed by atoms with van der Waals surface area (Å²) < 4.78 is 5.70. The van der Waals surface area contributed by atoms with Crippen LogP contribution in [0.4, 0.5) is 0 Å². The second-order valence-electron chi connectivity index (χ2n) is 5.90. The van der Waals surface area contributed by atoms with E-state index in [9.17, 15) is 5.11 Å². The number of phenolic OH excluding ortho intramolecular Hbond substituents is 1. The average molecular weight is 297 g/mol. The van der Waals surface area contributed by atoms with Crippen LogP contribution in [-0.2, 0) is 6.42 Å². The van der Waals surface area contributed by atoms with Gasteiger partial charge in [-0.25, -0.2) is 0 Å². The van der Waals surface area contributed by atoms with Gasteiger partial charge in [0.1, 0.15) is 5.75 Å². The monoisotopic (exact) mass is 297 g/mol. The molecule has 1 aliphatic rings. The van der Waals surface area contributed by atoms with E-state index in [1.54, 1.807) is 18.2 Å². The molecule has 3 heteroatoms. The Labute approximate surface area is 131 Å². The van der Waals surface area contributed by atoms with Crippen LogP contribution in [0.2, 0.25) is 0 Å². The van der Waals surface area contributed by atoms with E-state index >= 15 is 0 Å². The molecule has 2 aromatic carbocycles. The summed E-state index contributed by atoms with van der Waals surface area (Å²) >= 11 is 0. The molecule has 0 aromatic heterocycles. The Morgan fingerprint density at radius 2 is 1.86 bits per heavy atom. The molecule has 22 heavy (non-hydrogen) atoms. The Balaban J connectivity index is 1.55. The zero-order valence-electron chi connectivity index (χ0n) is 12.8. The fourth-order valence-electron chi connectivity index (χ4n) is 2.91. The first-order chi connectivity index (χ1) is 10.8. The molecule has 0 aliphatic carbocycles. The fourth-order valence-corrected chi connectivity index (χ4v) is 2.91. The molecule has 0 spiro atoms. The van der Waals surface area contributed by atoms with E-state index in [-0.39, 0.29) is 5.75 Å². The molecule has 1 fully saturated rings. The maximum Gasteiger partial charge on any atom is 0.169 e. The normalized spacial score (nSPS) is 18.1. The maximum absolute atomic E-state index is 9.72. The highest BCUT2D eigenvalue weighted by Gasteiger charge is 2.12. The summed E-state index contributed by atoms with van der Waals surface area (Å²) in [5.41, 5.74) is 1.33. The number of benzene rings is 2. The number of phenols is 1. The third-order valence-corrected chi connectivity index (χ3v) is 4.21. The molecule has 1 atom stereocenters. The van der Waals surface area contributed by atoms with E-state index in [1.807, 2.05) is 18.2 Å². The first-order valence-corrected chi connectivity index (χ1v) is 8.09. The van der Waals surface area contributed by atoms with E-state index in [2.05, 4.69) is 17.4 Å². The molecule has 116 valence electrons. The van der Waals surface area contributed by atoms with Gasteiger partial charge in [-0.05, 0) is 62.1 Å². The van der Waals surface area contributed by atoms with Gasteiger partial charge >= 0.3 is 0 Å². The van der Waals surface area contributed by atoms with Crippen molar-refractivity contribution in [3.8, 4) is 17.2 Å². The Hall–Kier alpha value is -2.00.